The molecule has 4 nitrogen and oxygen atoms in total. The highest BCUT2D eigenvalue weighted by Gasteiger charge is 2.13. The molecule has 0 aliphatic carbocycles. The number of ether oxygens (including phenoxy) is 1. The van der Waals surface area contributed by atoms with Crippen LogP contribution in [0, 0.1) is 11.3 Å². The Morgan fingerprint density at radius 1 is 1.50 bits per heavy atom. The maximum absolute atomic E-state index is 8.46. The number of unbranched alkanes of at least 4 members (excludes halogenated alkanes) is 2. The van der Waals surface area contributed by atoms with Crippen molar-refractivity contribution < 1.29 is 9.30 Å². The van der Waals surface area contributed by atoms with Gasteiger partial charge < -0.3 is 4.74 Å². The molecule has 0 amide bonds. The monoisotopic (exact) mass is 222 g/mol. The Labute approximate surface area is 97.1 Å². The lowest BCUT2D eigenvalue weighted by Gasteiger charge is -2.02. The van der Waals surface area contributed by atoms with E-state index >= 15 is 0 Å². The lowest BCUT2D eigenvalue weighted by Crippen LogP contribution is -2.37. The molecule has 0 aromatic carbocycles. The fourth-order valence-electron chi connectivity index (χ4n) is 1.85. The van der Waals surface area contributed by atoms with Crippen LogP contribution in [0.4, 0.5) is 0 Å². The van der Waals surface area contributed by atoms with Gasteiger partial charge in [-0.1, -0.05) is 6.92 Å². The molecule has 0 spiro atoms. The summed E-state index contributed by atoms with van der Waals surface area (Å²) in [5, 5.41) is 8.46. The Balaban J connectivity index is 2.55. The van der Waals surface area contributed by atoms with Gasteiger partial charge in [0.25, 0.3) is 5.82 Å². The standard InChI is InChI=1S/C12H20N3O/c1-3-12-14(8-6-4-5-7-13)9-10-15(12)11-16-2/h9-10H,3-6,8,11H2,1-2H3/q+1. The van der Waals surface area contributed by atoms with Crippen molar-refractivity contribution in [3.05, 3.63) is 18.2 Å². The first-order chi connectivity index (χ1) is 7.83. The van der Waals surface area contributed by atoms with Crippen molar-refractivity contribution in [2.75, 3.05) is 7.11 Å². The molecular weight excluding hydrogens is 202 g/mol. The third-order valence-electron chi connectivity index (χ3n) is 2.61. The van der Waals surface area contributed by atoms with E-state index in [1.807, 2.05) is 6.20 Å². The number of hydrogen-bond acceptors (Lipinski definition) is 2. The van der Waals surface area contributed by atoms with E-state index in [1.54, 1.807) is 7.11 Å². The lowest BCUT2D eigenvalue weighted by molar-refractivity contribution is -0.737. The Hall–Kier alpha value is -1.34. The first kappa shape index (κ1) is 12.7. The molecule has 0 saturated carbocycles. The number of nitriles is 1. The van der Waals surface area contributed by atoms with Gasteiger partial charge in [0.1, 0.15) is 12.4 Å². The Morgan fingerprint density at radius 2 is 2.31 bits per heavy atom. The third-order valence-corrected chi connectivity index (χ3v) is 2.61. The molecular formula is C12H20N3O+. The smallest absolute Gasteiger partial charge is 0.258 e. The summed E-state index contributed by atoms with van der Waals surface area (Å²) in [7, 11) is 1.71. The van der Waals surface area contributed by atoms with Crippen LogP contribution in [0.1, 0.15) is 32.0 Å². The summed E-state index contributed by atoms with van der Waals surface area (Å²) in [4.78, 5) is 0. The summed E-state index contributed by atoms with van der Waals surface area (Å²) < 4.78 is 9.50. The zero-order chi connectivity index (χ0) is 11.8. The van der Waals surface area contributed by atoms with E-state index in [-0.39, 0.29) is 0 Å². The highest BCUT2D eigenvalue weighted by molar-refractivity contribution is 4.83. The predicted molar refractivity (Wildman–Crippen MR) is 60.5 cm³/mol. The van der Waals surface area contributed by atoms with E-state index in [2.05, 4.69) is 28.3 Å². The van der Waals surface area contributed by atoms with Crippen LogP contribution in [0.25, 0.3) is 0 Å². The molecule has 0 fully saturated rings. The molecule has 4 heteroatoms. The van der Waals surface area contributed by atoms with Gasteiger partial charge in [-0.2, -0.15) is 5.26 Å². The van der Waals surface area contributed by atoms with Crippen molar-refractivity contribution in [3.8, 4) is 6.07 Å². The van der Waals surface area contributed by atoms with Gasteiger partial charge in [0.2, 0.25) is 0 Å². The second kappa shape index (κ2) is 7.02. The minimum Gasteiger partial charge on any atom is -0.345 e. The zero-order valence-electron chi connectivity index (χ0n) is 10.1. The molecule has 88 valence electrons. The number of imidazole rings is 1. The average Bonchev–Trinajstić information content (AvgIpc) is 2.67. The van der Waals surface area contributed by atoms with Gasteiger partial charge in [-0.05, 0) is 12.8 Å². The SMILES string of the molecule is CCc1n(CCCCC#N)cc[n+]1COC. The number of aryl methyl sites for hydroxylation is 1. The topological polar surface area (TPSA) is 41.8 Å². The van der Waals surface area contributed by atoms with Crippen LogP contribution in [0.5, 0.6) is 0 Å². The molecule has 0 N–H and O–H groups in total. The summed E-state index contributed by atoms with van der Waals surface area (Å²) in [5.74, 6) is 1.28. The zero-order valence-corrected chi connectivity index (χ0v) is 10.1. The molecule has 0 atom stereocenters. The van der Waals surface area contributed by atoms with Gasteiger partial charge in [-0.15, -0.1) is 0 Å². The summed E-state index contributed by atoms with van der Waals surface area (Å²) in [6.45, 7) is 3.74. The van der Waals surface area contributed by atoms with E-state index in [4.69, 9.17) is 10.00 Å². The van der Waals surface area contributed by atoms with Gasteiger partial charge in [-0.25, -0.2) is 9.13 Å². The highest BCUT2D eigenvalue weighted by atomic mass is 16.5. The Bertz CT molecular complexity index is 352. The average molecular weight is 222 g/mol. The van der Waals surface area contributed by atoms with Gasteiger partial charge in [-0.3, -0.25) is 0 Å². The molecule has 0 aliphatic rings. The van der Waals surface area contributed by atoms with Crippen LogP contribution >= 0.6 is 0 Å². The lowest BCUT2D eigenvalue weighted by atomic mass is 10.2. The Morgan fingerprint density at radius 3 is 2.94 bits per heavy atom. The molecule has 16 heavy (non-hydrogen) atoms. The summed E-state index contributed by atoms with van der Waals surface area (Å²) in [6, 6.07) is 2.17. The first-order valence-corrected chi connectivity index (χ1v) is 5.76. The molecule has 0 saturated heterocycles. The number of rotatable bonds is 7. The second-order valence-corrected chi connectivity index (χ2v) is 3.76. The summed E-state index contributed by atoms with van der Waals surface area (Å²) >= 11 is 0. The quantitative estimate of drug-likeness (QED) is 0.520. The molecule has 0 unspecified atom stereocenters. The van der Waals surface area contributed by atoms with Crippen molar-refractivity contribution >= 4 is 0 Å². The van der Waals surface area contributed by atoms with E-state index in [9.17, 15) is 0 Å². The first-order valence-electron chi connectivity index (χ1n) is 5.76. The second-order valence-electron chi connectivity index (χ2n) is 3.76. The number of hydrogen-bond donors (Lipinski definition) is 0. The van der Waals surface area contributed by atoms with E-state index in [0.29, 0.717) is 13.2 Å². The summed E-state index contributed by atoms with van der Waals surface area (Å²) in [6.07, 6.45) is 7.82. The van der Waals surface area contributed by atoms with Crippen molar-refractivity contribution in [3.63, 3.8) is 0 Å². The minimum absolute atomic E-state index is 0.606. The van der Waals surface area contributed by atoms with Crippen molar-refractivity contribution in [1.82, 2.24) is 4.57 Å². The van der Waals surface area contributed by atoms with Crippen molar-refractivity contribution in [1.29, 1.82) is 5.26 Å². The number of nitrogens with zero attached hydrogens (tertiary/aromatic N) is 3. The molecule has 1 aromatic heterocycles. The third kappa shape index (κ3) is 3.35. The van der Waals surface area contributed by atoms with Gasteiger partial charge in [0, 0.05) is 20.0 Å². The molecule has 1 rings (SSSR count). The molecule has 0 aliphatic heterocycles. The number of aromatic nitrogens is 2. The van der Waals surface area contributed by atoms with Gasteiger partial charge in [0.05, 0.1) is 12.6 Å². The van der Waals surface area contributed by atoms with Crippen LogP contribution in [0.3, 0.4) is 0 Å². The van der Waals surface area contributed by atoms with Crippen LogP contribution < -0.4 is 4.57 Å². The van der Waals surface area contributed by atoms with Crippen LogP contribution in [-0.2, 0) is 24.4 Å². The van der Waals surface area contributed by atoms with Gasteiger partial charge in [0.15, 0.2) is 6.73 Å². The number of methoxy groups -OCH3 is 1. The van der Waals surface area contributed by atoms with Crippen LogP contribution in [0.2, 0.25) is 0 Å². The largest absolute Gasteiger partial charge is 0.345 e. The summed E-state index contributed by atoms with van der Waals surface area (Å²) in [5.41, 5.74) is 0. The van der Waals surface area contributed by atoms with E-state index in [1.165, 1.54) is 5.82 Å². The fraction of sp³-hybridized carbons (Fsp3) is 0.667. The van der Waals surface area contributed by atoms with Gasteiger partial charge >= 0.3 is 0 Å². The van der Waals surface area contributed by atoms with Crippen LogP contribution in [-0.4, -0.2) is 11.7 Å². The maximum atomic E-state index is 8.46. The van der Waals surface area contributed by atoms with Crippen molar-refractivity contribution in [2.45, 2.75) is 45.9 Å². The van der Waals surface area contributed by atoms with E-state index < -0.39 is 0 Å². The predicted octanol–water partition coefficient (Wildman–Crippen LogP) is 1.64. The molecule has 1 heterocycles. The molecule has 1 aromatic rings. The van der Waals surface area contributed by atoms with Crippen molar-refractivity contribution in [2.24, 2.45) is 0 Å². The molecule has 0 bridgehead atoms. The maximum Gasteiger partial charge on any atom is 0.258 e. The Kier molecular flexibility index (Phi) is 5.58. The normalized spacial score (nSPS) is 10.3. The van der Waals surface area contributed by atoms with E-state index in [0.717, 1.165) is 25.8 Å². The van der Waals surface area contributed by atoms with Crippen LogP contribution in [0.15, 0.2) is 12.4 Å². The minimum atomic E-state index is 0.606. The highest BCUT2D eigenvalue weighted by Crippen LogP contribution is 2.02. The molecule has 0 radical (unpaired) electrons. The fourth-order valence-corrected chi connectivity index (χ4v) is 1.85.